The molecule has 1 fully saturated rings. The van der Waals surface area contributed by atoms with Gasteiger partial charge in [0, 0.05) is 38.2 Å². The Morgan fingerprint density at radius 2 is 1.77 bits per heavy atom. The van der Waals surface area contributed by atoms with Crippen LogP contribution in [0, 0.1) is 5.92 Å². The minimum atomic E-state index is -3.36. The Morgan fingerprint density at radius 3 is 2.55 bits per heavy atom. The van der Waals surface area contributed by atoms with E-state index in [2.05, 4.69) is 15.5 Å². The number of piperidine rings is 1. The zero-order valence-electron chi connectivity index (χ0n) is 17.4. The first-order valence-corrected chi connectivity index (χ1v) is 12.2. The van der Waals surface area contributed by atoms with Gasteiger partial charge in [-0.1, -0.05) is 36.4 Å². The fourth-order valence-corrected chi connectivity index (χ4v) is 5.50. The van der Waals surface area contributed by atoms with E-state index in [1.165, 1.54) is 4.31 Å². The van der Waals surface area contributed by atoms with Crippen LogP contribution in [0.15, 0.2) is 54.7 Å². The van der Waals surface area contributed by atoms with Gasteiger partial charge in [0.1, 0.15) is 5.82 Å². The zero-order valence-corrected chi connectivity index (χ0v) is 18.2. The fraction of sp³-hybridized carbons (Fsp3) is 0.409. The molecule has 0 radical (unpaired) electrons. The lowest BCUT2D eigenvalue weighted by molar-refractivity contribution is -0.126. The first-order chi connectivity index (χ1) is 15.0. The van der Waals surface area contributed by atoms with Gasteiger partial charge in [0.15, 0.2) is 5.65 Å². The Labute approximate surface area is 182 Å². The summed E-state index contributed by atoms with van der Waals surface area (Å²) >= 11 is 0. The molecule has 0 spiro atoms. The first-order valence-electron chi connectivity index (χ1n) is 10.6. The summed E-state index contributed by atoms with van der Waals surface area (Å²) in [4.78, 5) is 12.5. The second kappa shape index (κ2) is 9.57. The van der Waals surface area contributed by atoms with E-state index in [-0.39, 0.29) is 17.6 Å². The highest BCUT2D eigenvalue weighted by molar-refractivity contribution is 7.88. The van der Waals surface area contributed by atoms with E-state index in [9.17, 15) is 13.2 Å². The van der Waals surface area contributed by atoms with Gasteiger partial charge in [0.25, 0.3) is 0 Å². The molecule has 1 amide bonds. The van der Waals surface area contributed by atoms with Gasteiger partial charge in [0.05, 0.1) is 5.75 Å². The number of amides is 1. The largest absolute Gasteiger partial charge is 0.356 e. The molecule has 164 valence electrons. The van der Waals surface area contributed by atoms with Gasteiger partial charge in [-0.3, -0.25) is 9.20 Å². The van der Waals surface area contributed by atoms with Crippen molar-refractivity contribution in [2.45, 2.75) is 31.4 Å². The molecule has 4 rings (SSSR count). The van der Waals surface area contributed by atoms with E-state index in [4.69, 9.17) is 0 Å². The van der Waals surface area contributed by atoms with Crippen LogP contribution in [-0.2, 0) is 27.0 Å². The van der Waals surface area contributed by atoms with Crippen molar-refractivity contribution in [3.8, 4) is 0 Å². The number of carbonyl (C=O) groups excluding carboxylic acids is 1. The van der Waals surface area contributed by atoms with E-state index in [1.807, 2.05) is 59.1 Å². The molecule has 1 saturated heterocycles. The molecule has 0 unspecified atom stereocenters. The van der Waals surface area contributed by atoms with Crippen LogP contribution in [0.2, 0.25) is 0 Å². The maximum absolute atomic E-state index is 12.7. The number of sulfonamides is 1. The maximum atomic E-state index is 12.7. The normalized spacial score (nSPS) is 15.9. The number of fused-ring (bicyclic) bond motifs is 1. The lowest BCUT2D eigenvalue weighted by Gasteiger charge is -2.30. The summed E-state index contributed by atoms with van der Waals surface area (Å²) in [5.41, 5.74) is 1.60. The van der Waals surface area contributed by atoms with Crippen LogP contribution in [0.25, 0.3) is 5.65 Å². The van der Waals surface area contributed by atoms with Crippen LogP contribution in [-0.4, -0.2) is 52.9 Å². The van der Waals surface area contributed by atoms with Gasteiger partial charge >= 0.3 is 0 Å². The van der Waals surface area contributed by atoms with E-state index in [0.29, 0.717) is 32.5 Å². The molecule has 1 N–H and O–H groups in total. The second-order valence-electron chi connectivity index (χ2n) is 7.85. The Kier molecular flexibility index (Phi) is 6.62. The number of hydrogen-bond donors (Lipinski definition) is 1. The molecule has 0 atom stereocenters. The third kappa shape index (κ3) is 5.29. The summed E-state index contributed by atoms with van der Waals surface area (Å²) in [5, 5.41) is 11.3. The lowest BCUT2D eigenvalue weighted by atomic mass is 9.97. The fourth-order valence-electron chi connectivity index (χ4n) is 3.94. The van der Waals surface area contributed by atoms with Crippen molar-refractivity contribution >= 4 is 21.6 Å². The lowest BCUT2D eigenvalue weighted by Crippen LogP contribution is -2.43. The molecule has 0 saturated carbocycles. The highest BCUT2D eigenvalue weighted by atomic mass is 32.2. The van der Waals surface area contributed by atoms with Gasteiger partial charge in [0.2, 0.25) is 15.9 Å². The van der Waals surface area contributed by atoms with Crippen molar-refractivity contribution in [2.75, 3.05) is 19.6 Å². The van der Waals surface area contributed by atoms with Crippen molar-refractivity contribution in [3.63, 3.8) is 0 Å². The molecular formula is C22H27N5O3S. The Bertz CT molecular complexity index is 1120. The highest BCUT2D eigenvalue weighted by Crippen LogP contribution is 2.22. The predicted octanol–water partition coefficient (Wildman–Crippen LogP) is 2.02. The smallest absolute Gasteiger partial charge is 0.223 e. The first kappa shape index (κ1) is 21.5. The average molecular weight is 442 g/mol. The van der Waals surface area contributed by atoms with Crippen molar-refractivity contribution in [1.82, 2.24) is 24.2 Å². The minimum absolute atomic E-state index is 0.00200. The molecule has 0 bridgehead atoms. The molecule has 8 nitrogen and oxygen atoms in total. The molecule has 9 heteroatoms. The van der Waals surface area contributed by atoms with E-state index in [1.54, 1.807) is 0 Å². The quantitative estimate of drug-likeness (QED) is 0.540. The molecular weight excluding hydrogens is 414 g/mol. The number of benzene rings is 1. The molecule has 3 heterocycles. The number of hydrogen-bond acceptors (Lipinski definition) is 5. The van der Waals surface area contributed by atoms with Crippen molar-refractivity contribution in [2.24, 2.45) is 5.92 Å². The SMILES string of the molecule is O=C(NCCCc1nnc2ccccn12)C1CCN(S(=O)(=O)Cc2ccccc2)CC1. The van der Waals surface area contributed by atoms with Crippen molar-refractivity contribution in [1.29, 1.82) is 0 Å². The Morgan fingerprint density at radius 1 is 1.03 bits per heavy atom. The Hall–Kier alpha value is -2.78. The van der Waals surface area contributed by atoms with Gasteiger partial charge in [-0.15, -0.1) is 10.2 Å². The molecule has 31 heavy (non-hydrogen) atoms. The van der Waals surface area contributed by atoms with Crippen LogP contribution in [0.4, 0.5) is 0 Å². The summed E-state index contributed by atoms with van der Waals surface area (Å²) in [6.07, 6.45) is 4.53. The Balaban J connectivity index is 1.20. The summed E-state index contributed by atoms with van der Waals surface area (Å²) in [7, 11) is -3.36. The van der Waals surface area contributed by atoms with E-state index >= 15 is 0 Å². The summed E-state index contributed by atoms with van der Waals surface area (Å²) in [6, 6.07) is 15.0. The number of nitrogens with one attached hydrogen (secondary N) is 1. The van der Waals surface area contributed by atoms with Crippen LogP contribution in [0.1, 0.15) is 30.7 Å². The molecule has 1 aromatic carbocycles. The predicted molar refractivity (Wildman–Crippen MR) is 118 cm³/mol. The summed E-state index contributed by atoms with van der Waals surface area (Å²) < 4.78 is 28.8. The number of aromatic nitrogens is 3. The van der Waals surface area contributed by atoms with Crippen molar-refractivity contribution in [3.05, 3.63) is 66.1 Å². The molecule has 0 aliphatic carbocycles. The second-order valence-corrected chi connectivity index (χ2v) is 9.82. The van der Waals surface area contributed by atoms with Crippen molar-refractivity contribution < 1.29 is 13.2 Å². The van der Waals surface area contributed by atoms with Gasteiger partial charge in [-0.25, -0.2) is 12.7 Å². The summed E-state index contributed by atoms with van der Waals surface area (Å²) in [5.74, 6) is 0.743. The average Bonchev–Trinajstić information content (AvgIpc) is 3.20. The van der Waals surface area contributed by atoms with E-state index in [0.717, 1.165) is 29.9 Å². The number of pyridine rings is 1. The van der Waals surface area contributed by atoms with E-state index < -0.39 is 10.0 Å². The van der Waals surface area contributed by atoms with Gasteiger partial charge in [-0.05, 0) is 37.0 Å². The number of nitrogens with zero attached hydrogens (tertiary/aromatic N) is 4. The highest BCUT2D eigenvalue weighted by Gasteiger charge is 2.31. The maximum Gasteiger partial charge on any atom is 0.223 e. The third-order valence-corrected chi connectivity index (χ3v) is 7.52. The number of rotatable bonds is 8. The monoisotopic (exact) mass is 441 g/mol. The zero-order chi connectivity index (χ0) is 21.7. The van der Waals surface area contributed by atoms with Crippen LogP contribution < -0.4 is 5.32 Å². The van der Waals surface area contributed by atoms with Gasteiger partial charge < -0.3 is 5.32 Å². The molecule has 1 aliphatic heterocycles. The topological polar surface area (TPSA) is 96.7 Å². The third-order valence-electron chi connectivity index (χ3n) is 5.67. The van der Waals surface area contributed by atoms with Crippen LogP contribution in [0.5, 0.6) is 0 Å². The van der Waals surface area contributed by atoms with Crippen LogP contribution >= 0.6 is 0 Å². The standard InChI is InChI=1S/C22H27N5O3S/c28-22(23-13-6-10-21-25-24-20-9-4-5-14-27(20)21)19-11-15-26(16-12-19)31(29,30)17-18-7-2-1-3-8-18/h1-5,7-9,14,19H,6,10-13,15-17H2,(H,23,28). The molecule has 3 aromatic rings. The van der Waals surface area contributed by atoms with Gasteiger partial charge in [-0.2, -0.15) is 0 Å². The molecule has 2 aromatic heterocycles. The summed E-state index contributed by atoms with van der Waals surface area (Å²) in [6.45, 7) is 1.34. The number of carbonyl (C=O) groups is 1. The number of aryl methyl sites for hydroxylation is 1. The van der Waals surface area contributed by atoms with Crippen LogP contribution in [0.3, 0.4) is 0 Å². The molecule has 1 aliphatic rings. The minimum Gasteiger partial charge on any atom is -0.356 e.